The van der Waals surface area contributed by atoms with Crippen molar-refractivity contribution in [2.45, 2.75) is 18.4 Å². The van der Waals surface area contributed by atoms with Gasteiger partial charge in [-0.25, -0.2) is 4.99 Å². The maximum absolute atomic E-state index is 6.36. The van der Waals surface area contributed by atoms with Crippen LogP contribution in [0.25, 0.3) is 10.9 Å². The number of aliphatic imine (C=N–C) groups is 1. The smallest absolute Gasteiger partial charge is 0.219 e. The summed E-state index contributed by atoms with van der Waals surface area (Å²) >= 11 is 0. The molecule has 1 saturated heterocycles. The maximum Gasteiger partial charge on any atom is 0.219 e. The highest BCUT2D eigenvalue weighted by atomic mass is 35.5. The molecule has 1 fully saturated rings. The first-order valence-electron chi connectivity index (χ1n) is 7.63. The number of ether oxygens (including phenoxy) is 1. The summed E-state index contributed by atoms with van der Waals surface area (Å²) < 4.78 is 8.50. The van der Waals surface area contributed by atoms with Crippen molar-refractivity contribution in [3.8, 4) is 0 Å². The van der Waals surface area contributed by atoms with E-state index in [0.29, 0.717) is 0 Å². The molecule has 2 aliphatic heterocycles. The predicted octanol–water partition coefficient (Wildman–Crippen LogP) is 3.26. The second-order valence-corrected chi connectivity index (χ2v) is 6.38. The molecule has 4 nitrogen and oxygen atoms in total. The molecule has 1 aromatic carbocycles. The normalized spacial score (nSPS) is 19.8. The lowest BCUT2D eigenvalue weighted by Crippen LogP contribution is -2.45. The Morgan fingerprint density at radius 1 is 1.09 bits per heavy atom. The number of hydrogen-bond acceptors (Lipinski definition) is 3. The third-order valence-corrected chi connectivity index (χ3v) is 4.85. The van der Waals surface area contributed by atoms with E-state index in [0.717, 1.165) is 43.9 Å². The van der Waals surface area contributed by atoms with Gasteiger partial charge >= 0.3 is 0 Å². The standard InChI is InChI=1S/C17H21N3O.2ClH/c1-19-9-7-17(8-10-19)12-18-16(21-17)14-11-20(2)15-6-4-3-5-13(14)15;;/h3-6,11H,7-10,12H2,1-2H3;2*1H. The van der Waals surface area contributed by atoms with Crippen LogP contribution in [0.15, 0.2) is 35.5 Å². The molecule has 3 heterocycles. The van der Waals surface area contributed by atoms with Gasteiger partial charge in [0.2, 0.25) is 5.90 Å². The average Bonchev–Trinajstić information content (AvgIpc) is 3.06. The third kappa shape index (κ3) is 3.08. The fraction of sp³-hybridized carbons (Fsp3) is 0.471. The molecule has 0 bridgehead atoms. The Morgan fingerprint density at radius 2 is 1.78 bits per heavy atom. The molecule has 0 unspecified atom stereocenters. The molecule has 23 heavy (non-hydrogen) atoms. The van der Waals surface area contributed by atoms with Crippen molar-refractivity contribution in [1.82, 2.24) is 9.47 Å². The molecule has 126 valence electrons. The number of aromatic nitrogens is 1. The summed E-state index contributed by atoms with van der Waals surface area (Å²) in [6.45, 7) is 3.00. The SMILES string of the molecule is CN1CCC2(CC1)CN=C(c1cn(C)c3ccccc13)O2.Cl.Cl. The van der Waals surface area contributed by atoms with Crippen molar-refractivity contribution < 1.29 is 4.74 Å². The Kier molecular flexibility index (Phi) is 5.29. The predicted molar refractivity (Wildman–Crippen MR) is 99.4 cm³/mol. The number of aryl methyl sites for hydroxylation is 1. The van der Waals surface area contributed by atoms with Crippen LogP contribution < -0.4 is 0 Å². The maximum atomic E-state index is 6.36. The van der Waals surface area contributed by atoms with Gasteiger partial charge in [-0.15, -0.1) is 24.8 Å². The fourth-order valence-corrected chi connectivity index (χ4v) is 3.42. The number of hydrogen-bond donors (Lipinski definition) is 0. The van der Waals surface area contributed by atoms with E-state index in [9.17, 15) is 0 Å². The van der Waals surface area contributed by atoms with Crippen molar-refractivity contribution in [2.75, 3.05) is 26.7 Å². The minimum absolute atomic E-state index is 0. The molecule has 0 atom stereocenters. The second kappa shape index (κ2) is 6.71. The Bertz CT molecular complexity index is 718. The molecule has 0 amide bonds. The number of rotatable bonds is 1. The van der Waals surface area contributed by atoms with Gasteiger partial charge in [-0.05, 0) is 13.1 Å². The number of halogens is 2. The largest absolute Gasteiger partial charge is 0.469 e. The molecule has 1 aromatic heterocycles. The molecule has 0 saturated carbocycles. The number of para-hydroxylation sites is 1. The van der Waals surface area contributed by atoms with Crippen LogP contribution in [-0.2, 0) is 11.8 Å². The number of piperidine rings is 1. The Morgan fingerprint density at radius 3 is 2.52 bits per heavy atom. The molecule has 1 spiro atoms. The Hall–Kier alpha value is -1.23. The van der Waals surface area contributed by atoms with Crippen molar-refractivity contribution in [2.24, 2.45) is 12.0 Å². The first kappa shape index (κ1) is 18.1. The van der Waals surface area contributed by atoms with Crippen LogP contribution in [-0.4, -0.2) is 47.6 Å². The quantitative estimate of drug-likeness (QED) is 0.785. The van der Waals surface area contributed by atoms with Gasteiger partial charge < -0.3 is 14.2 Å². The zero-order valence-corrected chi connectivity index (χ0v) is 15.1. The number of likely N-dealkylation sites (tertiary alicyclic amines) is 1. The summed E-state index contributed by atoms with van der Waals surface area (Å²) in [5.74, 6) is 0.830. The Balaban J connectivity index is 0.000000960. The van der Waals surface area contributed by atoms with Crippen LogP contribution in [0.1, 0.15) is 18.4 Å². The van der Waals surface area contributed by atoms with Gasteiger partial charge in [0.05, 0.1) is 12.1 Å². The van der Waals surface area contributed by atoms with E-state index in [1.165, 1.54) is 10.9 Å². The summed E-state index contributed by atoms with van der Waals surface area (Å²) in [6.07, 6.45) is 4.28. The van der Waals surface area contributed by atoms with Crippen molar-refractivity contribution >= 4 is 41.6 Å². The summed E-state index contributed by atoms with van der Waals surface area (Å²) in [5, 5.41) is 1.23. The molecule has 4 rings (SSSR count). The van der Waals surface area contributed by atoms with Crippen LogP contribution in [0.2, 0.25) is 0 Å². The summed E-state index contributed by atoms with van der Waals surface area (Å²) in [4.78, 5) is 7.10. The summed E-state index contributed by atoms with van der Waals surface area (Å²) in [6, 6.07) is 8.43. The van der Waals surface area contributed by atoms with Crippen LogP contribution in [0.4, 0.5) is 0 Å². The third-order valence-electron chi connectivity index (χ3n) is 4.85. The van der Waals surface area contributed by atoms with Crippen molar-refractivity contribution in [1.29, 1.82) is 0 Å². The van der Waals surface area contributed by atoms with Gasteiger partial charge in [-0.2, -0.15) is 0 Å². The lowest BCUT2D eigenvalue weighted by atomic mass is 9.92. The molecule has 2 aliphatic rings. The van der Waals surface area contributed by atoms with E-state index in [1.54, 1.807) is 0 Å². The van der Waals surface area contributed by atoms with Crippen molar-refractivity contribution in [3.63, 3.8) is 0 Å². The van der Waals surface area contributed by atoms with E-state index >= 15 is 0 Å². The van der Waals surface area contributed by atoms with Gasteiger partial charge in [-0.1, -0.05) is 18.2 Å². The Labute approximate surface area is 149 Å². The molecule has 2 aromatic rings. The molecule has 0 N–H and O–H groups in total. The number of nitrogens with zero attached hydrogens (tertiary/aromatic N) is 3. The first-order valence-corrected chi connectivity index (χ1v) is 7.63. The van der Waals surface area contributed by atoms with Gasteiger partial charge in [0.15, 0.2) is 0 Å². The van der Waals surface area contributed by atoms with Gasteiger partial charge in [-0.3, -0.25) is 0 Å². The second-order valence-electron chi connectivity index (χ2n) is 6.38. The fourth-order valence-electron chi connectivity index (χ4n) is 3.42. The van der Waals surface area contributed by atoms with E-state index in [4.69, 9.17) is 9.73 Å². The van der Waals surface area contributed by atoms with Crippen LogP contribution in [0, 0.1) is 0 Å². The summed E-state index contributed by atoms with van der Waals surface area (Å²) in [7, 11) is 4.25. The van der Waals surface area contributed by atoms with Crippen molar-refractivity contribution in [3.05, 3.63) is 36.0 Å². The molecular weight excluding hydrogens is 333 g/mol. The van der Waals surface area contributed by atoms with Gasteiger partial charge in [0.25, 0.3) is 0 Å². The lowest BCUT2D eigenvalue weighted by molar-refractivity contribution is 0.0227. The molecule has 6 heteroatoms. The minimum Gasteiger partial charge on any atom is -0.469 e. The molecule has 0 aliphatic carbocycles. The van der Waals surface area contributed by atoms with Crippen LogP contribution in [0.3, 0.4) is 0 Å². The number of fused-ring (bicyclic) bond motifs is 1. The monoisotopic (exact) mass is 355 g/mol. The van der Waals surface area contributed by atoms with Gasteiger partial charge in [0.1, 0.15) is 5.60 Å². The highest BCUT2D eigenvalue weighted by Crippen LogP contribution is 2.33. The zero-order valence-electron chi connectivity index (χ0n) is 13.5. The van der Waals surface area contributed by atoms with E-state index in [-0.39, 0.29) is 30.4 Å². The highest BCUT2D eigenvalue weighted by Gasteiger charge is 2.41. The van der Waals surface area contributed by atoms with Gasteiger partial charge in [0, 0.05) is 50.1 Å². The van der Waals surface area contributed by atoms with E-state index in [2.05, 4.69) is 54.0 Å². The number of benzene rings is 1. The van der Waals surface area contributed by atoms with E-state index < -0.39 is 0 Å². The minimum atomic E-state index is -0.0568. The van der Waals surface area contributed by atoms with Crippen LogP contribution >= 0.6 is 24.8 Å². The average molecular weight is 356 g/mol. The molecule has 0 radical (unpaired) electrons. The lowest BCUT2D eigenvalue weighted by Gasteiger charge is -2.36. The summed E-state index contributed by atoms with van der Waals surface area (Å²) in [5.41, 5.74) is 2.30. The molecular formula is C17H23Cl2N3O. The zero-order chi connectivity index (χ0) is 14.4. The van der Waals surface area contributed by atoms with Crippen LogP contribution in [0.5, 0.6) is 0 Å². The highest BCUT2D eigenvalue weighted by molar-refractivity contribution is 6.07. The van der Waals surface area contributed by atoms with E-state index in [1.807, 2.05) is 0 Å². The first-order chi connectivity index (χ1) is 10.2. The topological polar surface area (TPSA) is 29.8 Å².